The lowest BCUT2D eigenvalue weighted by molar-refractivity contribution is 0.0701. The number of halogens is 2. The van der Waals surface area contributed by atoms with Gasteiger partial charge in [0.1, 0.15) is 29.7 Å². The van der Waals surface area contributed by atoms with E-state index >= 15 is 0 Å². The van der Waals surface area contributed by atoms with Gasteiger partial charge in [0.2, 0.25) is 0 Å². The number of pyridine rings is 1. The normalized spacial score (nSPS) is 18.2. The molecule has 5 N–H and O–H groups in total. The summed E-state index contributed by atoms with van der Waals surface area (Å²) in [6.45, 7) is 9.71. The van der Waals surface area contributed by atoms with E-state index < -0.39 is 11.6 Å². The Labute approximate surface area is 236 Å². The molecule has 2 aliphatic heterocycles. The molecule has 0 radical (unpaired) electrons. The molecule has 0 unspecified atom stereocenters. The number of likely N-dealkylation sites (tertiary alicyclic amines) is 1. The molecule has 8 nitrogen and oxygen atoms in total. The maximum atomic E-state index is 14.8. The summed E-state index contributed by atoms with van der Waals surface area (Å²) in [5, 5.41) is 9.65. The summed E-state index contributed by atoms with van der Waals surface area (Å²) in [6, 6.07) is 6.88. The van der Waals surface area contributed by atoms with Gasteiger partial charge in [0.05, 0.1) is 0 Å². The van der Waals surface area contributed by atoms with Crippen LogP contribution in [-0.4, -0.2) is 68.8 Å². The van der Waals surface area contributed by atoms with Crippen molar-refractivity contribution in [3.05, 3.63) is 65.0 Å². The highest BCUT2D eigenvalue weighted by Gasteiger charge is 2.35. The van der Waals surface area contributed by atoms with Crippen molar-refractivity contribution in [1.82, 2.24) is 20.5 Å². The molecular formula is C30H42F2N8. The van der Waals surface area contributed by atoms with Crippen LogP contribution in [0, 0.1) is 11.2 Å². The molecule has 2 fully saturated rings. The van der Waals surface area contributed by atoms with Crippen LogP contribution in [0.2, 0.25) is 0 Å². The summed E-state index contributed by atoms with van der Waals surface area (Å²) < 4.78 is 29.6. The molecule has 2 aliphatic rings. The number of anilines is 1. The van der Waals surface area contributed by atoms with E-state index in [1.54, 1.807) is 6.07 Å². The number of hydrogen-bond donors (Lipinski definition) is 4. The molecule has 0 atom stereocenters. The summed E-state index contributed by atoms with van der Waals surface area (Å²) in [5.41, 5.74) is 8.24. The average Bonchev–Trinajstić information content (AvgIpc) is 2.97. The first-order valence-corrected chi connectivity index (χ1v) is 14.1. The molecular weight excluding hydrogens is 510 g/mol. The van der Waals surface area contributed by atoms with Gasteiger partial charge in [0, 0.05) is 24.5 Å². The molecule has 1 aromatic heterocycles. The topological polar surface area (TPSA) is 103 Å². The summed E-state index contributed by atoms with van der Waals surface area (Å²) >= 11 is 0. The number of aromatic nitrogens is 1. The van der Waals surface area contributed by atoms with Gasteiger partial charge in [-0.15, -0.1) is 0 Å². The van der Waals surface area contributed by atoms with Crippen molar-refractivity contribution in [2.75, 3.05) is 51.8 Å². The monoisotopic (exact) mass is 552 g/mol. The van der Waals surface area contributed by atoms with Gasteiger partial charge in [-0.3, -0.25) is 14.9 Å². The number of rotatable bonds is 12. The van der Waals surface area contributed by atoms with E-state index in [0.717, 1.165) is 57.5 Å². The summed E-state index contributed by atoms with van der Waals surface area (Å²) in [6.07, 6.45) is 9.15. The number of nitrogens with one attached hydrogen (secondary N) is 3. The Bertz CT molecular complexity index is 1180. The third-order valence-corrected chi connectivity index (χ3v) is 8.13. The zero-order valence-corrected chi connectivity index (χ0v) is 23.5. The fraction of sp³-hybridized carbons (Fsp3) is 0.500. The third-order valence-electron chi connectivity index (χ3n) is 8.13. The lowest BCUT2D eigenvalue weighted by atomic mass is 9.71. The van der Waals surface area contributed by atoms with E-state index in [0.29, 0.717) is 28.8 Å². The van der Waals surface area contributed by atoms with Crippen LogP contribution in [0.25, 0.3) is 0 Å². The maximum Gasteiger partial charge on any atom is 0.164 e. The van der Waals surface area contributed by atoms with Gasteiger partial charge in [-0.1, -0.05) is 6.07 Å². The Morgan fingerprint density at radius 2 is 2.00 bits per heavy atom. The molecule has 1 aromatic carbocycles. The quantitative estimate of drug-likeness (QED) is 0.231. The van der Waals surface area contributed by atoms with E-state index in [9.17, 15) is 8.78 Å². The highest BCUT2D eigenvalue weighted by Crippen LogP contribution is 2.39. The number of nitrogens with zero attached hydrogens (tertiary/aromatic N) is 4. The largest absolute Gasteiger partial charge is 0.402 e. The fourth-order valence-electron chi connectivity index (χ4n) is 5.72. The van der Waals surface area contributed by atoms with Gasteiger partial charge in [0.25, 0.3) is 0 Å². The zero-order valence-electron chi connectivity index (χ0n) is 23.5. The molecule has 0 saturated carbocycles. The van der Waals surface area contributed by atoms with Gasteiger partial charge in [-0.2, -0.15) is 0 Å². The molecule has 0 bridgehead atoms. The lowest BCUT2D eigenvalue weighted by Gasteiger charge is -2.44. The van der Waals surface area contributed by atoms with E-state index in [4.69, 9.17) is 5.73 Å². The Hall–Kier alpha value is -3.21. The van der Waals surface area contributed by atoms with Crippen molar-refractivity contribution >= 4 is 23.9 Å². The molecule has 4 rings (SSSR count). The van der Waals surface area contributed by atoms with E-state index in [2.05, 4.69) is 48.6 Å². The summed E-state index contributed by atoms with van der Waals surface area (Å²) in [4.78, 5) is 15.2. The minimum Gasteiger partial charge on any atom is -0.402 e. The predicted octanol–water partition coefficient (Wildman–Crippen LogP) is 4.30. The molecule has 216 valence electrons. The first-order chi connectivity index (χ1) is 19.5. The Kier molecular flexibility index (Phi) is 10.7. The highest BCUT2D eigenvalue weighted by molar-refractivity contribution is 6.11. The molecule has 40 heavy (non-hydrogen) atoms. The van der Waals surface area contributed by atoms with Crippen LogP contribution >= 0.6 is 0 Å². The molecule has 0 aliphatic carbocycles. The van der Waals surface area contributed by atoms with Crippen molar-refractivity contribution in [3.63, 3.8) is 0 Å². The van der Waals surface area contributed by atoms with E-state index in [1.165, 1.54) is 31.7 Å². The lowest BCUT2D eigenvalue weighted by Crippen LogP contribution is -2.45. The van der Waals surface area contributed by atoms with Crippen LogP contribution in [0.1, 0.15) is 48.8 Å². The SMILES string of the molecule is C=Nc1c(F)cc(C(=NCNc2ccc(CN3CCC4(CCNCC4)CC3)cn2)/C(F)=C\N)cc1CCCNC. The Morgan fingerprint density at radius 1 is 1.23 bits per heavy atom. The first-order valence-electron chi connectivity index (χ1n) is 14.1. The van der Waals surface area contributed by atoms with Crippen molar-refractivity contribution < 1.29 is 8.78 Å². The van der Waals surface area contributed by atoms with Crippen LogP contribution in [-0.2, 0) is 13.0 Å². The Morgan fingerprint density at radius 3 is 2.65 bits per heavy atom. The number of nitrogens with two attached hydrogens (primary N) is 1. The number of benzene rings is 1. The highest BCUT2D eigenvalue weighted by atomic mass is 19.1. The third kappa shape index (κ3) is 7.71. The molecule has 0 amide bonds. The maximum absolute atomic E-state index is 14.8. The van der Waals surface area contributed by atoms with Crippen LogP contribution in [0.3, 0.4) is 0 Å². The number of aryl methyl sites for hydroxylation is 1. The molecule has 2 saturated heterocycles. The van der Waals surface area contributed by atoms with Crippen molar-refractivity contribution in [1.29, 1.82) is 0 Å². The van der Waals surface area contributed by atoms with Crippen molar-refractivity contribution in [3.8, 4) is 0 Å². The van der Waals surface area contributed by atoms with Crippen molar-refractivity contribution in [2.45, 2.75) is 45.1 Å². The minimum atomic E-state index is -0.738. The fourth-order valence-corrected chi connectivity index (χ4v) is 5.72. The second-order valence-electron chi connectivity index (χ2n) is 10.8. The molecule has 2 aromatic rings. The van der Waals surface area contributed by atoms with Crippen molar-refractivity contribution in [2.24, 2.45) is 21.1 Å². The minimum absolute atomic E-state index is 0.0346. The second-order valence-corrected chi connectivity index (χ2v) is 10.8. The van der Waals surface area contributed by atoms with Crippen LogP contribution in [0.5, 0.6) is 0 Å². The van der Waals surface area contributed by atoms with E-state index in [1.807, 2.05) is 19.3 Å². The summed E-state index contributed by atoms with van der Waals surface area (Å²) in [7, 11) is 1.85. The van der Waals surface area contributed by atoms with Gasteiger partial charge in [0.15, 0.2) is 5.83 Å². The number of hydrogen-bond acceptors (Lipinski definition) is 8. The zero-order chi connectivity index (χ0) is 28.4. The number of aliphatic imine (C=N–C) groups is 2. The van der Waals surface area contributed by atoms with Gasteiger partial charge in [-0.05, 0) is 120 Å². The number of piperidine rings is 2. The smallest absolute Gasteiger partial charge is 0.164 e. The average molecular weight is 553 g/mol. The predicted molar refractivity (Wildman–Crippen MR) is 160 cm³/mol. The van der Waals surface area contributed by atoms with Crippen LogP contribution < -0.4 is 21.7 Å². The van der Waals surface area contributed by atoms with Gasteiger partial charge in [-0.25, -0.2) is 13.8 Å². The van der Waals surface area contributed by atoms with E-state index in [-0.39, 0.29) is 18.1 Å². The summed E-state index contributed by atoms with van der Waals surface area (Å²) in [5.74, 6) is -0.687. The first kappa shape index (κ1) is 29.8. The second kappa shape index (κ2) is 14.4. The Balaban J connectivity index is 1.37. The number of allylic oxidation sites excluding steroid dienone is 1. The standard InChI is InChI=1S/C30H42F2N8/c1-34-11-3-4-23-16-24(17-25(31)28(23)35-2)29(26(32)18-33)39-21-38-27-6-5-22(19-37-27)20-40-14-9-30(10-15-40)7-12-36-13-8-30/h5-6,16-19,34,36H,2-4,7-15,20-21,33H2,1H3,(H,37,38)/b26-18+,39-29?. The van der Waals surface area contributed by atoms with Gasteiger partial charge < -0.3 is 21.7 Å². The van der Waals surface area contributed by atoms with Crippen LogP contribution in [0.15, 0.2) is 52.5 Å². The van der Waals surface area contributed by atoms with Crippen LogP contribution in [0.4, 0.5) is 20.3 Å². The molecule has 1 spiro atoms. The van der Waals surface area contributed by atoms with Gasteiger partial charge >= 0.3 is 0 Å². The molecule has 10 heteroatoms. The molecule has 3 heterocycles.